The minimum absolute atomic E-state index is 0.430. The van der Waals surface area contributed by atoms with E-state index in [1.807, 2.05) is 0 Å². The number of amides is 2. The number of hydrogen-bond donors (Lipinski definition) is 3. The second-order valence-electron chi connectivity index (χ2n) is 3.14. The molecule has 0 fully saturated rings. The summed E-state index contributed by atoms with van der Waals surface area (Å²) in [7, 11) is 0. The van der Waals surface area contributed by atoms with Gasteiger partial charge >= 0.3 is 12.0 Å². The Morgan fingerprint density at radius 2 is 2.00 bits per heavy atom. The molecule has 0 radical (unpaired) electrons. The Kier molecular flexibility index (Phi) is 3.28. The fourth-order valence-electron chi connectivity index (χ4n) is 1.25. The van der Waals surface area contributed by atoms with Gasteiger partial charge in [0.1, 0.15) is 0 Å². The lowest BCUT2D eigenvalue weighted by Gasteiger charge is -2.12. The summed E-state index contributed by atoms with van der Waals surface area (Å²) in [5, 5.41) is 11.2. The van der Waals surface area contributed by atoms with Gasteiger partial charge in [-0.15, -0.1) is 0 Å². The Morgan fingerprint density at radius 1 is 1.40 bits per heavy atom. The molecule has 1 atom stereocenters. The smallest absolute Gasteiger partial charge is 0.316 e. The molecule has 1 aromatic rings. The van der Waals surface area contributed by atoms with Crippen LogP contribution in [0.25, 0.3) is 0 Å². The Morgan fingerprint density at radius 3 is 2.53 bits per heavy atom. The highest BCUT2D eigenvalue weighted by Crippen LogP contribution is 2.24. The van der Waals surface area contributed by atoms with E-state index in [1.165, 1.54) is 0 Å². The van der Waals surface area contributed by atoms with Crippen LogP contribution in [-0.2, 0) is 4.79 Å². The highest BCUT2D eigenvalue weighted by molar-refractivity contribution is 5.90. The summed E-state index contributed by atoms with van der Waals surface area (Å²) in [6.07, 6.45) is 0. The molecule has 0 heterocycles. The number of nitrogens with two attached hydrogens (primary N) is 1. The van der Waals surface area contributed by atoms with Gasteiger partial charge in [0.15, 0.2) is 0 Å². The van der Waals surface area contributed by atoms with Gasteiger partial charge in [-0.3, -0.25) is 4.79 Å². The monoisotopic (exact) mass is 208 g/mol. The van der Waals surface area contributed by atoms with Crippen molar-refractivity contribution < 1.29 is 14.7 Å². The van der Waals surface area contributed by atoms with Crippen LogP contribution in [0.3, 0.4) is 0 Å². The summed E-state index contributed by atoms with van der Waals surface area (Å²) < 4.78 is 0. The van der Waals surface area contributed by atoms with E-state index in [9.17, 15) is 9.59 Å². The predicted molar refractivity (Wildman–Crippen MR) is 55.7 cm³/mol. The number of carboxylic acid groups (broad SMARTS) is 1. The van der Waals surface area contributed by atoms with E-state index in [2.05, 4.69) is 5.32 Å². The second kappa shape index (κ2) is 4.45. The minimum atomic E-state index is -0.950. The molecule has 0 aliphatic carbocycles. The maximum Gasteiger partial charge on any atom is 0.316 e. The van der Waals surface area contributed by atoms with Gasteiger partial charge in [0.05, 0.1) is 5.92 Å². The molecule has 0 aromatic heterocycles. The van der Waals surface area contributed by atoms with E-state index < -0.39 is 17.9 Å². The fraction of sp³-hybridized carbons (Fsp3) is 0.200. The molecule has 80 valence electrons. The summed E-state index contributed by atoms with van der Waals surface area (Å²) in [5.74, 6) is -1.64. The highest BCUT2D eigenvalue weighted by atomic mass is 16.4. The number of para-hydroxylation sites is 1. The molecule has 0 saturated carbocycles. The van der Waals surface area contributed by atoms with Gasteiger partial charge in [0.25, 0.3) is 0 Å². The molecule has 0 saturated heterocycles. The van der Waals surface area contributed by atoms with Gasteiger partial charge in [-0.25, -0.2) is 4.79 Å². The van der Waals surface area contributed by atoms with E-state index >= 15 is 0 Å². The number of rotatable bonds is 3. The van der Waals surface area contributed by atoms with Crippen molar-refractivity contribution in [1.82, 2.24) is 0 Å². The van der Waals surface area contributed by atoms with Crippen LogP contribution in [0.4, 0.5) is 10.5 Å². The van der Waals surface area contributed by atoms with Crippen LogP contribution < -0.4 is 11.1 Å². The van der Waals surface area contributed by atoms with Gasteiger partial charge in [0.2, 0.25) is 0 Å². The number of anilines is 1. The molecule has 1 rings (SSSR count). The number of primary amides is 1. The molecule has 0 aliphatic rings. The molecule has 1 aromatic carbocycles. The highest BCUT2D eigenvalue weighted by Gasteiger charge is 2.17. The van der Waals surface area contributed by atoms with Crippen LogP contribution in [0.2, 0.25) is 0 Å². The fourth-order valence-corrected chi connectivity index (χ4v) is 1.25. The Labute approximate surface area is 86.9 Å². The van der Waals surface area contributed by atoms with Gasteiger partial charge in [-0.2, -0.15) is 0 Å². The molecule has 5 heteroatoms. The lowest BCUT2D eigenvalue weighted by atomic mass is 9.99. The standard InChI is InChI=1S/C10H12N2O3/c1-6(9(13)14)7-4-2-3-5-8(7)12-10(11)15/h2-6H,1H3,(H,13,14)(H3,11,12,15). The van der Waals surface area contributed by atoms with Crippen LogP contribution in [0.5, 0.6) is 0 Å². The number of benzene rings is 1. The number of carboxylic acids is 1. The zero-order valence-electron chi connectivity index (χ0n) is 8.23. The molecule has 0 bridgehead atoms. The number of nitrogens with one attached hydrogen (secondary N) is 1. The average Bonchev–Trinajstić information content (AvgIpc) is 2.16. The summed E-state index contributed by atoms with van der Waals surface area (Å²) >= 11 is 0. The van der Waals surface area contributed by atoms with Crippen molar-refractivity contribution in [3.05, 3.63) is 29.8 Å². The van der Waals surface area contributed by atoms with Crippen molar-refractivity contribution >= 4 is 17.7 Å². The summed E-state index contributed by atoms with van der Waals surface area (Å²) in [4.78, 5) is 21.5. The molecule has 0 aliphatic heterocycles. The first-order chi connectivity index (χ1) is 7.02. The zero-order valence-corrected chi connectivity index (χ0v) is 8.23. The third kappa shape index (κ3) is 2.70. The Hall–Kier alpha value is -2.04. The van der Waals surface area contributed by atoms with Crippen LogP contribution in [0.1, 0.15) is 18.4 Å². The van der Waals surface area contributed by atoms with Crippen molar-refractivity contribution in [2.45, 2.75) is 12.8 Å². The van der Waals surface area contributed by atoms with Crippen molar-refractivity contribution in [1.29, 1.82) is 0 Å². The van der Waals surface area contributed by atoms with Crippen LogP contribution in [0, 0.1) is 0 Å². The van der Waals surface area contributed by atoms with E-state index in [0.29, 0.717) is 11.3 Å². The number of urea groups is 1. The molecular weight excluding hydrogens is 196 g/mol. The van der Waals surface area contributed by atoms with Crippen LogP contribution in [-0.4, -0.2) is 17.1 Å². The maximum absolute atomic E-state index is 10.8. The lowest BCUT2D eigenvalue weighted by Crippen LogP contribution is -2.21. The van der Waals surface area contributed by atoms with Crippen molar-refractivity contribution in [3.8, 4) is 0 Å². The molecule has 1 unspecified atom stereocenters. The largest absolute Gasteiger partial charge is 0.481 e. The third-order valence-electron chi connectivity index (χ3n) is 2.06. The first-order valence-corrected chi connectivity index (χ1v) is 4.40. The van der Waals surface area contributed by atoms with Gasteiger partial charge in [-0.05, 0) is 18.6 Å². The molecule has 5 nitrogen and oxygen atoms in total. The lowest BCUT2D eigenvalue weighted by molar-refractivity contribution is -0.138. The topological polar surface area (TPSA) is 92.4 Å². The van der Waals surface area contributed by atoms with Gasteiger partial charge in [0, 0.05) is 5.69 Å². The Balaban J connectivity index is 3.05. The van der Waals surface area contributed by atoms with Crippen LogP contribution in [0.15, 0.2) is 24.3 Å². The minimum Gasteiger partial charge on any atom is -0.481 e. The third-order valence-corrected chi connectivity index (χ3v) is 2.06. The summed E-state index contributed by atoms with van der Waals surface area (Å²) in [6.45, 7) is 1.55. The normalized spacial score (nSPS) is 11.8. The molecule has 4 N–H and O–H groups in total. The van der Waals surface area contributed by atoms with Crippen molar-refractivity contribution in [3.63, 3.8) is 0 Å². The molecular formula is C10H12N2O3. The average molecular weight is 208 g/mol. The van der Waals surface area contributed by atoms with E-state index in [-0.39, 0.29) is 0 Å². The quantitative estimate of drug-likeness (QED) is 0.700. The summed E-state index contributed by atoms with van der Waals surface area (Å²) in [6, 6.07) is 5.95. The van der Waals surface area contributed by atoms with E-state index in [0.717, 1.165) is 0 Å². The first-order valence-electron chi connectivity index (χ1n) is 4.40. The maximum atomic E-state index is 10.8. The number of aliphatic carboxylic acids is 1. The zero-order chi connectivity index (χ0) is 11.4. The first kappa shape index (κ1) is 11.0. The van der Waals surface area contributed by atoms with Crippen molar-refractivity contribution in [2.24, 2.45) is 5.73 Å². The number of carbonyl (C=O) groups excluding carboxylic acids is 1. The van der Waals surface area contributed by atoms with Crippen LogP contribution >= 0.6 is 0 Å². The predicted octanol–water partition coefficient (Wildman–Crippen LogP) is 1.37. The summed E-state index contributed by atoms with van der Waals surface area (Å²) in [5.41, 5.74) is 5.93. The molecule has 15 heavy (non-hydrogen) atoms. The number of hydrogen-bond acceptors (Lipinski definition) is 2. The van der Waals surface area contributed by atoms with Crippen molar-refractivity contribution in [2.75, 3.05) is 5.32 Å². The number of carbonyl (C=O) groups is 2. The van der Waals surface area contributed by atoms with E-state index in [4.69, 9.17) is 10.8 Å². The Bertz CT molecular complexity index is 390. The van der Waals surface area contributed by atoms with Gasteiger partial charge < -0.3 is 16.2 Å². The van der Waals surface area contributed by atoms with Gasteiger partial charge in [-0.1, -0.05) is 18.2 Å². The molecule has 2 amide bonds. The SMILES string of the molecule is CC(C(=O)O)c1ccccc1NC(N)=O. The van der Waals surface area contributed by atoms with E-state index in [1.54, 1.807) is 31.2 Å². The molecule has 0 spiro atoms. The second-order valence-corrected chi connectivity index (χ2v) is 3.14.